The summed E-state index contributed by atoms with van der Waals surface area (Å²) in [5.74, 6) is 0.784. The number of benzene rings is 1. The molecule has 1 fully saturated rings. The first-order valence-electron chi connectivity index (χ1n) is 7.73. The van der Waals surface area contributed by atoms with Crippen molar-refractivity contribution >= 4 is 40.9 Å². The second kappa shape index (κ2) is 7.77. The monoisotopic (exact) mass is 362 g/mol. The van der Waals surface area contributed by atoms with Gasteiger partial charge in [0, 0.05) is 43.0 Å². The Kier molecular flexibility index (Phi) is 5.48. The van der Waals surface area contributed by atoms with E-state index in [2.05, 4.69) is 15.2 Å². The van der Waals surface area contributed by atoms with Crippen LogP contribution in [-0.2, 0) is 0 Å². The average Bonchev–Trinajstić information content (AvgIpc) is 2.62. The van der Waals surface area contributed by atoms with E-state index >= 15 is 0 Å². The topological polar surface area (TPSA) is 48.5 Å². The lowest BCUT2D eigenvalue weighted by Gasteiger charge is -2.35. The Labute approximate surface area is 151 Å². The van der Waals surface area contributed by atoms with Crippen LogP contribution in [0.1, 0.15) is 0 Å². The van der Waals surface area contributed by atoms with Gasteiger partial charge in [0.25, 0.3) is 0 Å². The number of piperazine rings is 1. The van der Waals surface area contributed by atoms with Crippen LogP contribution in [0.2, 0.25) is 5.02 Å². The standard InChI is InChI=1S/C17H19ClN4OS/c1-24-14-5-2-4-13(12-14)20-17(23)22-10-8-21(9-11-22)16-15(18)6-3-7-19-16/h2-7,12H,8-11H2,1H3,(H,20,23). The molecular formula is C17H19ClN4OS. The zero-order chi connectivity index (χ0) is 16.9. The van der Waals surface area contributed by atoms with Gasteiger partial charge in [-0.3, -0.25) is 0 Å². The van der Waals surface area contributed by atoms with Crippen molar-refractivity contribution in [1.29, 1.82) is 0 Å². The minimum Gasteiger partial charge on any atom is -0.352 e. The normalized spacial score (nSPS) is 14.6. The van der Waals surface area contributed by atoms with Crippen molar-refractivity contribution in [1.82, 2.24) is 9.88 Å². The maximum atomic E-state index is 12.4. The Morgan fingerprint density at radius 2 is 2.00 bits per heavy atom. The van der Waals surface area contributed by atoms with E-state index in [9.17, 15) is 4.79 Å². The Morgan fingerprint density at radius 1 is 1.21 bits per heavy atom. The number of carbonyl (C=O) groups excluding carboxylic acids is 1. The van der Waals surface area contributed by atoms with E-state index in [0.717, 1.165) is 29.5 Å². The Balaban J connectivity index is 1.58. The molecule has 24 heavy (non-hydrogen) atoms. The summed E-state index contributed by atoms with van der Waals surface area (Å²) >= 11 is 7.85. The highest BCUT2D eigenvalue weighted by molar-refractivity contribution is 7.98. The van der Waals surface area contributed by atoms with Crippen molar-refractivity contribution in [3.63, 3.8) is 0 Å². The number of nitrogens with one attached hydrogen (secondary N) is 1. The lowest BCUT2D eigenvalue weighted by molar-refractivity contribution is 0.208. The van der Waals surface area contributed by atoms with Gasteiger partial charge in [-0.2, -0.15) is 0 Å². The van der Waals surface area contributed by atoms with E-state index in [1.165, 1.54) is 0 Å². The summed E-state index contributed by atoms with van der Waals surface area (Å²) < 4.78 is 0. The third-order valence-corrected chi connectivity index (χ3v) is 4.95. The van der Waals surface area contributed by atoms with Crippen LogP contribution in [0, 0.1) is 0 Å². The molecule has 2 amide bonds. The van der Waals surface area contributed by atoms with E-state index < -0.39 is 0 Å². The molecule has 1 saturated heterocycles. The number of urea groups is 1. The molecule has 5 nitrogen and oxygen atoms in total. The second-order valence-electron chi connectivity index (χ2n) is 5.45. The number of halogens is 1. The number of anilines is 2. The predicted molar refractivity (Wildman–Crippen MR) is 100 cm³/mol. The van der Waals surface area contributed by atoms with E-state index in [4.69, 9.17) is 11.6 Å². The maximum Gasteiger partial charge on any atom is 0.321 e. The van der Waals surface area contributed by atoms with Crippen LogP contribution in [0.5, 0.6) is 0 Å². The fourth-order valence-corrected chi connectivity index (χ4v) is 3.34. The van der Waals surface area contributed by atoms with Crippen molar-refractivity contribution in [2.45, 2.75) is 4.90 Å². The predicted octanol–water partition coefficient (Wildman–Crippen LogP) is 3.81. The fraction of sp³-hybridized carbons (Fsp3) is 0.294. The first kappa shape index (κ1) is 16.9. The molecule has 1 aliphatic rings. The molecule has 0 saturated carbocycles. The summed E-state index contributed by atoms with van der Waals surface area (Å²) in [4.78, 5) is 21.8. The van der Waals surface area contributed by atoms with Gasteiger partial charge in [-0.1, -0.05) is 17.7 Å². The van der Waals surface area contributed by atoms with Gasteiger partial charge in [-0.05, 0) is 36.6 Å². The van der Waals surface area contributed by atoms with Gasteiger partial charge in [-0.15, -0.1) is 11.8 Å². The second-order valence-corrected chi connectivity index (χ2v) is 6.73. The third kappa shape index (κ3) is 3.94. The van der Waals surface area contributed by atoms with Crippen LogP contribution in [0.15, 0.2) is 47.5 Å². The molecule has 0 aliphatic carbocycles. The summed E-state index contributed by atoms with van der Waals surface area (Å²) in [7, 11) is 0. The molecule has 0 radical (unpaired) electrons. The Morgan fingerprint density at radius 3 is 2.71 bits per heavy atom. The number of thioether (sulfide) groups is 1. The Bertz CT molecular complexity index is 719. The van der Waals surface area contributed by atoms with Crippen molar-refractivity contribution in [2.24, 2.45) is 0 Å². The number of aromatic nitrogens is 1. The highest BCUT2D eigenvalue weighted by Crippen LogP contribution is 2.24. The molecule has 1 aliphatic heterocycles. The number of hydrogen-bond acceptors (Lipinski definition) is 4. The lowest BCUT2D eigenvalue weighted by Crippen LogP contribution is -2.50. The third-order valence-electron chi connectivity index (χ3n) is 3.93. The van der Waals surface area contributed by atoms with Crippen molar-refractivity contribution in [3.05, 3.63) is 47.6 Å². The van der Waals surface area contributed by atoms with E-state index in [0.29, 0.717) is 18.1 Å². The van der Waals surface area contributed by atoms with E-state index in [-0.39, 0.29) is 6.03 Å². The van der Waals surface area contributed by atoms with Crippen LogP contribution in [-0.4, -0.2) is 48.3 Å². The molecule has 126 valence electrons. The number of carbonyl (C=O) groups is 1. The SMILES string of the molecule is CSc1cccc(NC(=O)N2CCN(c3ncccc3Cl)CC2)c1. The minimum atomic E-state index is -0.0694. The molecule has 7 heteroatoms. The van der Waals surface area contributed by atoms with E-state index in [1.807, 2.05) is 47.6 Å². The van der Waals surface area contributed by atoms with Gasteiger partial charge in [0.05, 0.1) is 5.02 Å². The molecule has 0 unspecified atom stereocenters. The lowest BCUT2D eigenvalue weighted by atomic mass is 10.3. The molecular weight excluding hydrogens is 344 g/mol. The van der Waals surface area contributed by atoms with Gasteiger partial charge < -0.3 is 15.1 Å². The largest absolute Gasteiger partial charge is 0.352 e. The summed E-state index contributed by atoms with van der Waals surface area (Å²) in [6.45, 7) is 2.71. The molecule has 0 bridgehead atoms. The van der Waals surface area contributed by atoms with Crippen LogP contribution < -0.4 is 10.2 Å². The molecule has 2 heterocycles. The number of nitrogens with zero attached hydrogens (tertiary/aromatic N) is 3. The highest BCUT2D eigenvalue weighted by atomic mass is 35.5. The van der Waals surface area contributed by atoms with Crippen molar-refractivity contribution < 1.29 is 4.79 Å². The first-order valence-corrected chi connectivity index (χ1v) is 9.33. The summed E-state index contributed by atoms with van der Waals surface area (Å²) in [5.41, 5.74) is 0.821. The number of hydrogen-bond donors (Lipinski definition) is 1. The molecule has 3 rings (SSSR count). The number of amides is 2. The quantitative estimate of drug-likeness (QED) is 0.843. The summed E-state index contributed by atoms with van der Waals surface area (Å²) in [5, 5.41) is 3.61. The van der Waals surface area contributed by atoms with Gasteiger partial charge in [0.1, 0.15) is 5.82 Å². The zero-order valence-corrected chi connectivity index (χ0v) is 15.0. The number of rotatable bonds is 3. The van der Waals surface area contributed by atoms with Gasteiger partial charge in [0.15, 0.2) is 0 Å². The minimum absolute atomic E-state index is 0.0694. The molecule has 0 atom stereocenters. The zero-order valence-electron chi connectivity index (χ0n) is 13.4. The van der Waals surface area contributed by atoms with Crippen LogP contribution >= 0.6 is 23.4 Å². The summed E-state index contributed by atoms with van der Waals surface area (Å²) in [6.07, 6.45) is 3.75. The van der Waals surface area contributed by atoms with Gasteiger partial charge >= 0.3 is 6.03 Å². The Hall–Kier alpha value is -1.92. The van der Waals surface area contributed by atoms with Crippen LogP contribution in [0.3, 0.4) is 0 Å². The smallest absolute Gasteiger partial charge is 0.321 e. The fourth-order valence-electron chi connectivity index (χ4n) is 2.63. The summed E-state index contributed by atoms with van der Waals surface area (Å²) in [6, 6.07) is 11.4. The van der Waals surface area contributed by atoms with E-state index in [1.54, 1.807) is 18.0 Å². The molecule has 1 aromatic heterocycles. The van der Waals surface area contributed by atoms with Crippen LogP contribution in [0.4, 0.5) is 16.3 Å². The number of pyridine rings is 1. The molecule has 1 aromatic carbocycles. The van der Waals surface area contributed by atoms with Gasteiger partial charge in [0.2, 0.25) is 0 Å². The average molecular weight is 363 g/mol. The maximum absolute atomic E-state index is 12.4. The van der Waals surface area contributed by atoms with Gasteiger partial charge in [-0.25, -0.2) is 9.78 Å². The van der Waals surface area contributed by atoms with Crippen LogP contribution in [0.25, 0.3) is 0 Å². The molecule has 0 spiro atoms. The first-order chi connectivity index (χ1) is 11.7. The molecule has 1 N–H and O–H groups in total. The van der Waals surface area contributed by atoms with Crippen molar-refractivity contribution in [3.8, 4) is 0 Å². The highest BCUT2D eigenvalue weighted by Gasteiger charge is 2.23. The van der Waals surface area contributed by atoms with Crippen molar-refractivity contribution in [2.75, 3.05) is 42.7 Å². The molecule has 2 aromatic rings.